The Labute approximate surface area is 87.4 Å². The first-order valence-electron chi connectivity index (χ1n) is 4.74. The Morgan fingerprint density at radius 2 is 2.36 bits per heavy atom. The average molecular weight is 213 g/mol. The van der Waals surface area contributed by atoms with E-state index >= 15 is 0 Å². The molecule has 1 aliphatic rings. The predicted molar refractivity (Wildman–Crippen MR) is 55.9 cm³/mol. The number of hydrogen-bond acceptors (Lipinski definition) is 5. The average Bonchev–Trinajstić information content (AvgIpc) is 2.76. The van der Waals surface area contributed by atoms with Crippen molar-refractivity contribution in [2.24, 2.45) is 5.73 Å². The third-order valence-corrected chi connectivity index (χ3v) is 4.05. The third-order valence-electron chi connectivity index (χ3n) is 2.65. The summed E-state index contributed by atoms with van der Waals surface area (Å²) in [5.74, 6) is 0.783. The summed E-state index contributed by atoms with van der Waals surface area (Å²) >= 11 is 1.90. The Morgan fingerprint density at radius 1 is 1.64 bits per heavy atom. The molecule has 1 atom stereocenters. The molecule has 0 amide bonds. The van der Waals surface area contributed by atoms with Gasteiger partial charge in [-0.15, -0.1) is 5.10 Å². The molecular weight excluding hydrogens is 198 g/mol. The molecule has 0 bridgehead atoms. The molecule has 1 aliphatic carbocycles. The topological polar surface area (TPSA) is 69.6 Å². The van der Waals surface area contributed by atoms with E-state index in [1.807, 2.05) is 23.4 Å². The largest absolute Gasteiger partial charge is 0.322 e. The van der Waals surface area contributed by atoms with Crippen molar-refractivity contribution in [3.8, 4) is 0 Å². The molecule has 2 rings (SSSR count). The van der Waals surface area contributed by atoms with Crippen molar-refractivity contribution in [3.05, 3.63) is 5.82 Å². The lowest BCUT2D eigenvalue weighted by Crippen LogP contribution is -2.20. The molecule has 2 N–H and O–H groups in total. The second kappa shape index (κ2) is 3.51. The minimum atomic E-state index is -0.0948. The number of nitrogens with zero attached hydrogens (tertiary/aromatic N) is 4. The quantitative estimate of drug-likeness (QED) is 0.792. The Hall–Kier alpha value is -0.620. The molecule has 0 radical (unpaired) electrons. The first-order chi connectivity index (χ1) is 6.67. The van der Waals surface area contributed by atoms with Gasteiger partial charge in [0.15, 0.2) is 5.82 Å². The standard InChI is InChI=1S/C8H15N5S/c1-6(9)7-10-11-12-13(7)5-8(14-2)3-4-8/h6H,3-5,9H2,1-2H3. The van der Waals surface area contributed by atoms with Crippen molar-refractivity contribution in [1.82, 2.24) is 20.2 Å². The lowest BCUT2D eigenvalue weighted by molar-refractivity contribution is 0.526. The summed E-state index contributed by atoms with van der Waals surface area (Å²) in [6, 6.07) is -0.0948. The minimum Gasteiger partial charge on any atom is -0.322 e. The van der Waals surface area contributed by atoms with Crippen LogP contribution in [0.1, 0.15) is 31.6 Å². The highest BCUT2D eigenvalue weighted by molar-refractivity contribution is 8.00. The number of thioether (sulfide) groups is 1. The lowest BCUT2D eigenvalue weighted by atomic mass is 10.3. The Kier molecular flexibility index (Phi) is 2.48. The fraction of sp³-hybridized carbons (Fsp3) is 0.875. The van der Waals surface area contributed by atoms with Gasteiger partial charge in [-0.25, -0.2) is 4.68 Å². The smallest absolute Gasteiger partial charge is 0.167 e. The summed E-state index contributed by atoms with van der Waals surface area (Å²) in [6.45, 7) is 2.79. The van der Waals surface area contributed by atoms with E-state index in [-0.39, 0.29) is 6.04 Å². The molecule has 0 aromatic carbocycles. The molecule has 1 unspecified atom stereocenters. The van der Waals surface area contributed by atoms with Crippen LogP contribution in [-0.2, 0) is 6.54 Å². The van der Waals surface area contributed by atoms with Crippen molar-refractivity contribution in [3.63, 3.8) is 0 Å². The second-order valence-corrected chi connectivity index (χ2v) is 5.14. The molecule has 1 aromatic heterocycles. The van der Waals surface area contributed by atoms with Crippen molar-refractivity contribution >= 4 is 11.8 Å². The second-order valence-electron chi connectivity index (χ2n) is 3.87. The predicted octanol–water partition coefficient (Wildman–Crippen LogP) is 0.588. The van der Waals surface area contributed by atoms with Crippen LogP contribution in [0.25, 0.3) is 0 Å². The SMILES string of the molecule is CSC1(Cn2nnnc2C(C)N)CC1. The highest BCUT2D eigenvalue weighted by atomic mass is 32.2. The van der Waals surface area contributed by atoms with Gasteiger partial charge in [0.1, 0.15) is 0 Å². The van der Waals surface area contributed by atoms with Gasteiger partial charge >= 0.3 is 0 Å². The maximum Gasteiger partial charge on any atom is 0.167 e. The zero-order valence-electron chi connectivity index (χ0n) is 8.47. The van der Waals surface area contributed by atoms with Crippen LogP contribution in [0.15, 0.2) is 0 Å². The number of nitrogens with two attached hydrogens (primary N) is 1. The first kappa shape index (κ1) is 9.92. The fourth-order valence-corrected chi connectivity index (χ4v) is 2.25. The van der Waals surface area contributed by atoms with E-state index in [0.29, 0.717) is 4.75 Å². The van der Waals surface area contributed by atoms with E-state index in [0.717, 1.165) is 12.4 Å². The van der Waals surface area contributed by atoms with Gasteiger partial charge in [-0.1, -0.05) is 0 Å². The van der Waals surface area contributed by atoms with Crippen LogP contribution in [-0.4, -0.2) is 31.2 Å². The van der Waals surface area contributed by atoms with Crippen LogP contribution in [0.3, 0.4) is 0 Å². The van der Waals surface area contributed by atoms with Gasteiger partial charge in [0, 0.05) is 4.75 Å². The zero-order valence-corrected chi connectivity index (χ0v) is 9.29. The van der Waals surface area contributed by atoms with Gasteiger partial charge in [-0.2, -0.15) is 11.8 Å². The van der Waals surface area contributed by atoms with Gasteiger partial charge < -0.3 is 5.73 Å². The Morgan fingerprint density at radius 3 is 2.86 bits per heavy atom. The molecule has 1 aromatic rings. The molecule has 5 nitrogen and oxygen atoms in total. The van der Waals surface area contributed by atoms with Crippen molar-refractivity contribution in [2.75, 3.05) is 6.26 Å². The normalized spacial score (nSPS) is 20.8. The monoisotopic (exact) mass is 213 g/mol. The van der Waals surface area contributed by atoms with Crippen LogP contribution in [0.4, 0.5) is 0 Å². The number of aromatic nitrogens is 4. The molecule has 1 fully saturated rings. The molecule has 1 heterocycles. The number of rotatable bonds is 4. The fourth-order valence-electron chi connectivity index (χ4n) is 1.49. The maximum atomic E-state index is 5.77. The summed E-state index contributed by atoms with van der Waals surface area (Å²) in [5, 5.41) is 11.6. The Balaban J connectivity index is 2.12. The van der Waals surface area contributed by atoms with Gasteiger partial charge in [0.05, 0.1) is 12.6 Å². The molecule has 1 saturated carbocycles. The lowest BCUT2D eigenvalue weighted by Gasteiger charge is -2.13. The van der Waals surface area contributed by atoms with Crippen molar-refractivity contribution < 1.29 is 0 Å². The molecular formula is C8H15N5S. The van der Waals surface area contributed by atoms with E-state index in [4.69, 9.17) is 5.73 Å². The molecule has 6 heteroatoms. The van der Waals surface area contributed by atoms with Crippen LogP contribution >= 0.6 is 11.8 Å². The molecule has 0 saturated heterocycles. The van der Waals surface area contributed by atoms with Crippen molar-refractivity contribution in [2.45, 2.75) is 37.1 Å². The molecule has 0 spiro atoms. The summed E-state index contributed by atoms with van der Waals surface area (Å²) < 4.78 is 2.22. The third kappa shape index (κ3) is 1.76. The van der Waals surface area contributed by atoms with E-state index in [2.05, 4.69) is 21.8 Å². The van der Waals surface area contributed by atoms with Crippen molar-refractivity contribution in [1.29, 1.82) is 0 Å². The van der Waals surface area contributed by atoms with Crippen LogP contribution < -0.4 is 5.73 Å². The van der Waals surface area contributed by atoms with E-state index < -0.39 is 0 Å². The zero-order chi connectivity index (χ0) is 10.2. The Bertz CT molecular complexity index is 317. The van der Waals surface area contributed by atoms with E-state index in [9.17, 15) is 0 Å². The van der Waals surface area contributed by atoms with E-state index in [1.165, 1.54) is 12.8 Å². The first-order valence-corrected chi connectivity index (χ1v) is 5.96. The van der Waals surface area contributed by atoms with Crippen LogP contribution in [0.5, 0.6) is 0 Å². The number of hydrogen-bond donors (Lipinski definition) is 1. The summed E-state index contributed by atoms with van der Waals surface area (Å²) in [6.07, 6.45) is 4.65. The van der Waals surface area contributed by atoms with E-state index in [1.54, 1.807) is 0 Å². The highest BCUT2D eigenvalue weighted by Crippen LogP contribution is 2.48. The molecule has 14 heavy (non-hydrogen) atoms. The highest BCUT2D eigenvalue weighted by Gasteiger charge is 2.43. The van der Waals surface area contributed by atoms with Crippen LogP contribution in [0.2, 0.25) is 0 Å². The molecule has 78 valence electrons. The van der Waals surface area contributed by atoms with Gasteiger partial charge in [0.2, 0.25) is 0 Å². The summed E-state index contributed by atoms with van der Waals surface area (Å²) in [7, 11) is 0. The summed E-state index contributed by atoms with van der Waals surface area (Å²) in [5.41, 5.74) is 5.77. The minimum absolute atomic E-state index is 0.0948. The maximum absolute atomic E-state index is 5.77. The number of tetrazole rings is 1. The molecule has 0 aliphatic heterocycles. The van der Waals surface area contributed by atoms with Gasteiger partial charge in [0.25, 0.3) is 0 Å². The van der Waals surface area contributed by atoms with Crippen LogP contribution in [0, 0.1) is 0 Å². The summed E-state index contributed by atoms with van der Waals surface area (Å²) in [4.78, 5) is 0. The van der Waals surface area contributed by atoms with Gasteiger partial charge in [-0.05, 0) is 36.4 Å². The van der Waals surface area contributed by atoms with Gasteiger partial charge in [-0.3, -0.25) is 0 Å².